The van der Waals surface area contributed by atoms with Crippen molar-refractivity contribution in [2.75, 3.05) is 33.9 Å². The van der Waals surface area contributed by atoms with Crippen molar-refractivity contribution in [2.45, 2.75) is 26.7 Å². The highest BCUT2D eigenvalue weighted by atomic mass is 35.5. The molecule has 30 heavy (non-hydrogen) atoms. The summed E-state index contributed by atoms with van der Waals surface area (Å²) in [6.07, 6.45) is 4.64. The number of hydrogen-bond donors (Lipinski definition) is 2. The van der Waals surface area contributed by atoms with E-state index in [0.29, 0.717) is 22.5 Å². The Bertz CT molecular complexity index is 837. The van der Waals surface area contributed by atoms with Crippen molar-refractivity contribution in [3.63, 3.8) is 0 Å². The highest BCUT2D eigenvalue weighted by molar-refractivity contribution is 6.42. The number of carbonyl (C=O) groups excluding carboxylic acids is 1. The van der Waals surface area contributed by atoms with Gasteiger partial charge in [-0.25, -0.2) is 0 Å². The fourth-order valence-corrected chi connectivity index (χ4v) is 3.56. The summed E-state index contributed by atoms with van der Waals surface area (Å²) in [5.41, 5.74) is 3.49. The maximum atomic E-state index is 11.6. The molecule has 0 saturated carbocycles. The second kappa shape index (κ2) is 11.2. The summed E-state index contributed by atoms with van der Waals surface area (Å²) in [5, 5.41) is 7.81. The molecular weight excluding hydrogens is 421 g/mol. The molecule has 0 unspecified atom stereocenters. The van der Waals surface area contributed by atoms with Gasteiger partial charge >= 0.3 is 0 Å². The largest absolute Gasteiger partial charge is 0.373 e. The van der Waals surface area contributed by atoms with Crippen LogP contribution in [0.5, 0.6) is 0 Å². The van der Waals surface area contributed by atoms with E-state index in [0.717, 1.165) is 55.0 Å². The Morgan fingerprint density at radius 2 is 1.97 bits per heavy atom. The van der Waals surface area contributed by atoms with Crippen LogP contribution in [0.3, 0.4) is 0 Å². The molecule has 1 heterocycles. The molecule has 1 aromatic rings. The molecule has 2 rings (SSSR count). The van der Waals surface area contributed by atoms with Crippen molar-refractivity contribution >= 4 is 35.3 Å². The minimum absolute atomic E-state index is 0.498. The predicted molar refractivity (Wildman–Crippen MR) is 125 cm³/mol. The molecule has 1 aromatic carbocycles. The number of hydrogen-bond acceptors (Lipinski definition) is 5. The highest BCUT2D eigenvalue weighted by Gasteiger charge is 2.22. The first-order chi connectivity index (χ1) is 14.3. The molecule has 0 fully saturated rings. The van der Waals surface area contributed by atoms with Crippen molar-refractivity contribution in [1.82, 2.24) is 25.3 Å². The molecular formula is C22H31Cl2N5O. The molecule has 0 spiro atoms. The van der Waals surface area contributed by atoms with E-state index in [1.165, 1.54) is 4.90 Å². The average Bonchev–Trinajstić information content (AvgIpc) is 2.72. The minimum atomic E-state index is 0.498. The van der Waals surface area contributed by atoms with Crippen LogP contribution in [-0.4, -0.2) is 55.0 Å². The van der Waals surface area contributed by atoms with E-state index in [1.807, 2.05) is 25.4 Å². The molecule has 1 aliphatic rings. The number of halogens is 2. The third kappa shape index (κ3) is 5.64. The van der Waals surface area contributed by atoms with E-state index in [4.69, 9.17) is 23.2 Å². The normalized spacial score (nSPS) is 18.3. The Balaban J connectivity index is 2.53. The molecule has 8 heteroatoms. The van der Waals surface area contributed by atoms with E-state index < -0.39 is 0 Å². The van der Waals surface area contributed by atoms with Gasteiger partial charge in [0.2, 0.25) is 6.41 Å². The lowest BCUT2D eigenvalue weighted by Gasteiger charge is -2.35. The fourth-order valence-electron chi connectivity index (χ4n) is 3.27. The summed E-state index contributed by atoms with van der Waals surface area (Å²) in [7, 11) is 3.71. The third-order valence-electron chi connectivity index (χ3n) is 4.90. The molecule has 0 radical (unpaired) electrons. The summed E-state index contributed by atoms with van der Waals surface area (Å²) in [6.45, 7) is 10.8. The van der Waals surface area contributed by atoms with E-state index in [9.17, 15) is 4.79 Å². The summed E-state index contributed by atoms with van der Waals surface area (Å²) < 4.78 is 0. The molecule has 164 valence electrons. The maximum absolute atomic E-state index is 11.6. The van der Waals surface area contributed by atoms with Gasteiger partial charge in [-0.1, -0.05) is 49.7 Å². The maximum Gasteiger partial charge on any atom is 0.215 e. The van der Waals surface area contributed by atoms with Gasteiger partial charge in [-0.3, -0.25) is 4.79 Å². The number of amides is 1. The predicted octanol–water partition coefficient (Wildman–Crippen LogP) is 4.27. The van der Waals surface area contributed by atoms with Crippen LogP contribution >= 0.6 is 23.2 Å². The lowest BCUT2D eigenvalue weighted by atomic mass is 10.1. The van der Waals surface area contributed by atoms with Crippen LogP contribution in [0.2, 0.25) is 10.0 Å². The minimum Gasteiger partial charge on any atom is -0.373 e. The second-order valence-electron chi connectivity index (χ2n) is 7.21. The van der Waals surface area contributed by atoms with Gasteiger partial charge in [0.1, 0.15) is 11.5 Å². The monoisotopic (exact) mass is 451 g/mol. The zero-order chi connectivity index (χ0) is 22.3. The van der Waals surface area contributed by atoms with E-state index in [2.05, 4.69) is 40.9 Å². The number of likely N-dealkylation sites (N-methyl/N-ethyl adjacent to an activating group) is 1. The van der Waals surface area contributed by atoms with Crippen molar-refractivity contribution < 1.29 is 4.79 Å². The lowest BCUT2D eigenvalue weighted by Crippen LogP contribution is -2.41. The van der Waals surface area contributed by atoms with Gasteiger partial charge in [0, 0.05) is 38.9 Å². The summed E-state index contributed by atoms with van der Waals surface area (Å²) in [4.78, 5) is 17.4. The van der Waals surface area contributed by atoms with Gasteiger partial charge < -0.3 is 25.3 Å². The van der Waals surface area contributed by atoms with Crippen molar-refractivity contribution in [2.24, 2.45) is 0 Å². The Labute approximate surface area is 189 Å². The SMILES string of the molecule is C=C(/C1=C(\N(C)C=O)N/C=C(/c2ccc(Cl)c(Cl)c2)N(CCC)CN1)N(C)CCC. The Morgan fingerprint density at radius 3 is 2.57 bits per heavy atom. The number of rotatable bonds is 9. The Morgan fingerprint density at radius 1 is 1.23 bits per heavy atom. The van der Waals surface area contributed by atoms with Gasteiger partial charge in [0.05, 0.1) is 28.1 Å². The van der Waals surface area contributed by atoms with Crippen LogP contribution in [0.25, 0.3) is 5.70 Å². The van der Waals surface area contributed by atoms with Gasteiger partial charge in [-0.05, 0) is 25.0 Å². The van der Waals surface area contributed by atoms with Crippen molar-refractivity contribution in [3.8, 4) is 0 Å². The lowest BCUT2D eigenvalue weighted by molar-refractivity contribution is -0.115. The first-order valence-electron chi connectivity index (χ1n) is 10.1. The van der Waals surface area contributed by atoms with Crippen LogP contribution in [0.1, 0.15) is 32.3 Å². The van der Waals surface area contributed by atoms with Crippen molar-refractivity contribution in [3.05, 3.63) is 63.8 Å². The number of carbonyl (C=O) groups is 1. The number of nitrogens with zero attached hydrogens (tertiary/aromatic N) is 3. The topological polar surface area (TPSA) is 50.9 Å². The summed E-state index contributed by atoms with van der Waals surface area (Å²) >= 11 is 12.4. The molecule has 1 aliphatic heterocycles. The first-order valence-corrected chi connectivity index (χ1v) is 10.8. The quantitative estimate of drug-likeness (QED) is 0.549. The number of nitrogens with one attached hydrogen (secondary N) is 2. The van der Waals surface area contributed by atoms with Crippen molar-refractivity contribution in [1.29, 1.82) is 0 Å². The molecule has 1 amide bonds. The molecule has 0 aliphatic carbocycles. The molecule has 0 aromatic heterocycles. The zero-order valence-corrected chi connectivity index (χ0v) is 19.6. The zero-order valence-electron chi connectivity index (χ0n) is 18.1. The van der Waals surface area contributed by atoms with Crippen LogP contribution in [0, 0.1) is 0 Å². The summed E-state index contributed by atoms with van der Waals surface area (Å²) in [5.74, 6) is 0.631. The second-order valence-corrected chi connectivity index (χ2v) is 8.02. The summed E-state index contributed by atoms with van der Waals surface area (Å²) in [6, 6.07) is 5.58. The van der Waals surface area contributed by atoms with Gasteiger partial charge in [-0.2, -0.15) is 0 Å². The number of benzene rings is 1. The van der Waals surface area contributed by atoms with Gasteiger partial charge in [0.15, 0.2) is 0 Å². The van der Waals surface area contributed by atoms with Gasteiger partial charge in [0.25, 0.3) is 0 Å². The van der Waals surface area contributed by atoms with Crippen LogP contribution in [0.15, 0.2) is 48.2 Å². The van der Waals surface area contributed by atoms with Gasteiger partial charge in [-0.15, -0.1) is 0 Å². The Kier molecular flexibility index (Phi) is 8.93. The van der Waals surface area contributed by atoms with Crippen LogP contribution in [0.4, 0.5) is 0 Å². The smallest absolute Gasteiger partial charge is 0.215 e. The van der Waals surface area contributed by atoms with E-state index in [-0.39, 0.29) is 0 Å². The standard InChI is InChI=1S/C22H31Cl2N5O/c1-6-10-27(4)16(3)21-22(28(5)15-30)25-13-20(29(11-7-2)14-26-21)17-8-9-18(23)19(24)12-17/h8-9,12-13,15,25-26H,3,6-7,10-11,14H2,1-2,4-5H3/b20-13-,22-21+. The Hall–Kier alpha value is -2.31. The molecule has 2 N–H and O–H groups in total. The van der Waals surface area contributed by atoms with Crippen LogP contribution in [-0.2, 0) is 4.79 Å². The van der Waals surface area contributed by atoms with E-state index in [1.54, 1.807) is 13.1 Å². The molecule has 0 bridgehead atoms. The highest BCUT2D eigenvalue weighted by Crippen LogP contribution is 2.29. The first kappa shape index (κ1) is 24.0. The van der Waals surface area contributed by atoms with E-state index >= 15 is 0 Å². The van der Waals surface area contributed by atoms with Crippen LogP contribution < -0.4 is 10.6 Å². The fraction of sp³-hybridized carbons (Fsp3) is 0.409. The molecule has 6 nitrogen and oxygen atoms in total. The molecule has 0 saturated heterocycles. The molecule has 0 atom stereocenters. The average molecular weight is 452 g/mol. The third-order valence-corrected chi connectivity index (χ3v) is 5.64.